The third kappa shape index (κ3) is 9.97. The second-order valence-electron chi connectivity index (χ2n) is 5.79. The molecule has 0 saturated heterocycles. The highest BCUT2D eigenvalue weighted by atomic mass is 16.1. The predicted molar refractivity (Wildman–Crippen MR) is 69.2 cm³/mol. The van der Waals surface area contributed by atoms with Gasteiger partial charge in [-0.1, -0.05) is 40.5 Å². The third-order valence-electron chi connectivity index (χ3n) is 2.42. The largest absolute Gasteiger partial charge is 0.356 e. The van der Waals surface area contributed by atoms with Crippen LogP contribution in [0.15, 0.2) is 0 Å². The van der Waals surface area contributed by atoms with Gasteiger partial charge in [-0.15, -0.1) is 0 Å². The van der Waals surface area contributed by atoms with Crippen LogP contribution in [-0.2, 0) is 4.79 Å². The smallest absolute Gasteiger partial charge is 0.221 e. The SMILES string of the molecule is CCCCCNC(=O)CC(N)CC(C)(C)C. The van der Waals surface area contributed by atoms with Crippen LogP contribution in [0.2, 0.25) is 0 Å². The van der Waals surface area contributed by atoms with Crippen molar-refractivity contribution in [2.75, 3.05) is 6.54 Å². The molecule has 0 aromatic rings. The molecule has 1 atom stereocenters. The molecule has 3 N–H and O–H groups in total. The fraction of sp³-hybridized carbons (Fsp3) is 0.923. The van der Waals surface area contributed by atoms with Crippen molar-refractivity contribution in [3.05, 3.63) is 0 Å². The molecule has 0 aliphatic rings. The fourth-order valence-corrected chi connectivity index (χ4v) is 1.77. The van der Waals surface area contributed by atoms with Gasteiger partial charge in [-0.2, -0.15) is 0 Å². The minimum atomic E-state index is -0.0221. The summed E-state index contributed by atoms with van der Waals surface area (Å²) in [6.45, 7) is 9.38. The molecule has 16 heavy (non-hydrogen) atoms. The average Bonchev–Trinajstić information content (AvgIpc) is 2.09. The lowest BCUT2D eigenvalue weighted by atomic mass is 9.87. The summed E-state index contributed by atoms with van der Waals surface area (Å²) >= 11 is 0. The van der Waals surface area contributed by atoms with Gasteiger partial charge in [-0.25, -0.2) is 0 Å². The molecule has 0 aromatic carbocycles. The molecule has 0 fully saturated rings. The minimum Gasteiger partial charge on any atom is -0.356 e. The number of nitrogens with one attached hydrogen (secondary N) is 1. The third-order valence-corrected chi connectivity index (χ3v) is 2.42. The molecule has 0 bridgehead atoms. The van der Waals surface area contributed by atoms with Gasteiger partial charge in [0.15, 0.2) is 0 Å². The number of hydrogen-bond acceptors (Lipinski definition) is 2. The normalized spacial score (nSPS) is 13.6. The van der Waals surface area contributed by atoms with E-state index in [1.807, 2.05) is 0 Å². The van der Waals surface area contributed by atoms with Crippen LogP contribution < -0.4 is 11.1 Å². The number of carbonyl (C=O) groups is 1. The van der Waals surface area contributed by atoms with Crippen LogP contribution in [-0.4, -0.2) is 18.5 Å². The van der Waals surface area contributed by atoms with Crippen molar-refractivity contribution in [2.45, 2.75) is 65.8 Å². The number of amides is 1. The minimum absolute atomic E-state index is 0.0221. The first-order chi connectivity index (χ1) is 7.35. The quantitative estimate of drug-likeness (QED) is 0.658. The van der Waals surface area contributed by atoms with E-state index >= 15 is 0 Å². The summed E-state index contributed by atoms with van der Waals surface area (Å²) in [6.07, 6.45) is 4.75. The van der Waals surface area contributed by atoms with E-state index in [2.05, 4.69) is 33.0 Å². The molecule has 0 saturated carbocycles. The Hall–Kier alpha value is -0.570. The van der Waals surface area contributed by atoms with Crippen molar-refractivity contribution in [3.8, 4) is 0 Å². The Bertz CT molecular complexity index is 197. The van der Waals surface area contributed by atoms with Crippen LogP contribution in [0, 0.1) is 5.41 Å². The first kappa shape index (κ1) is 15.4. The molecule has 0 aliphatic carbocycles. The zero-order chi connectivity index (χ0) is 12.6. The zero-order valence-corrected chi connectivity index (χ0v) is 11.3. The van der Waals surface area contributed by atoms with E-state index < -0.39 is 0 Å². The van der Waals surface area contributed by atoms with E-state index in [1.165, 1.54) is 12.8 Å². The van der Waals surface area contributed by atoms with Gasteiger partial charge >= 0.3 is 0 Å². The second-order valence-corrected chi connectivity index (χ2v) is 5.79. The van der Waals surface area contributed by atoms with Crippen molar-refractivity contribution < 1.29 is 4.79 Å². The Morgan fingerprint density at radius 3 is 2.44 bits per heavy atom. The molecule has 0 heterocycles. The van der Waals surface area contributed by atoms with Gasteiger partial charge in [-0.3, -0.25) is 4.79 Å². The summed E-state index contributed by atoms with van der Waals surface area (Å²) in [6, 6.07) is -0.0221. The maximum Gasteiger partial charge on any atom is 0.221 e. The van der Waals surface area contributed by atoms with Crippen LogP contribution in [0.4, 0.5) is 0 Å². The highest BCUT2D eigenvalue weighted by molar-refractivity contribution is 5.76. The van der Waals surface area contributed by atoms with Crippen LogP contribution in [0.25, 0.3) is 0 Å². The molecule has 96 valence electrons. The van der Waals surface area contributed by atoms with Crippen LogP contribution in [0.3, 0.4) is 0 Å². The Kier molecular flexibility index (Phi) is 7.39. The van der Waals surface area contributed by atoms with Gasteiger partial charge in [0.1, 0.15) is 0 Å². The molecule has 3 heteroatoms. The van der Waals surface area contributed by atoms with Gasteiger partial charge in [0, 0.05) is 19.0 Å². The van der Waals surface area contributed by atoms with Crippen molar-refractivity contribution >= 4 is 5.91 Å². The molecule has 0 aliphatic heterocycles. The molecule has 0 aromatic heterocycles. The molecule has 0 rings (SSSR count). The van der Waals surface area contributed by atoms with Crippen molar-refractivity contribution in [3.63, 3.8) is 0 Å². The van der Waals surface area contributed by atoms with Crippen molar-refractivity contribution in [2.24, 2.45) is 11.1 Å². The molecular formula is C13H28N2O. The van der Waals surface area contributed by atoms with Gasteiger partial charge in [0.25, 0.3) is 0 Å². The van der Waals surface area contributed by atoms with Gasteiger partial charge in [0.05, 0.1) is 0 Å². The lowest BCUT2D eigenvalue weighted by molar-refractivity contribution is -0.121. The van der Waals surface area contributed by atoms with Gasteiger partial charge in [-0.05, 0) is 18.3 Å². The molecule has 0 radical (unpaired) electrons. The summed E-state index contributed by atoms with van der Waals surface area (Å²) in [5.74, 6) is 0.0906. The summed E-state index contributed by atoms with van der Waals surface area (Å²) in [5.41, 5.74) is 6.13. The summed E-state index contributed by atoms with van der Waals surface area (Å²) in [5, 5.41) is 2.92. The first-order valence-electron chi connectivity index (χ1n) is 6.37. The molecular weight excluding hydrogens is 200 g/mol. The van der Waals surface area contributed by atoms with E-state index in [4.69, 9.17) is 5.73 Å². The Balaban J connectivity index is 3.62. The second kappa shape index (κ2) is 7.66. The average molecular weight is 228 g/mol. The molecule has 1 unspecified atom stereocenters. The maximum atomic E-state index is 11.5. The van der Waals surface area contributed by atoms with Crippen LogP contribution in [0.1, 0.15) is 59.8 Å². The Labute approximate surface area is 100 Å². The highest BCUT2D eigenvalue weighted by Crippen LogP contribution is 2.20. The van der Waals surface area contributed by atoms with E-state index in [1.54, 1.807) is 0 Å². The van der Waals surface area contributed by atoms with E-state index in [9.17, 15) is 4.79 Å². The lowest BCUT2D eigenvalue weighted by Gasteiger charge is -2.22. The summed E-state index contributed by atoms with van der Waals surface area (Å²) in [7, 11) is 0. The topological polar surface area (TPSA) is 55.1 Å². The molecule has 1 amide bonds. The number of hydrogen-bond donors (Lipinski definition) is 2. The zero-order valence-electron chi connectivity index (χ0n) is 11.3. The standard InChI is InChI=1S/C13H28N2O/c1-5-6-7-8-15-12(16)9-11(14)10-13(2,3)4/h11H,5-10,14H2,1-4H3,(H,15,16). The van der Waals surface area contributed by atoms with E-state index in [-0.39, 0.29) is 17.4 Å². The van der Waals surface area contributed by atoms with E-state index in [0.29, 0.717) is 6.42 Å². The maximum absolute atomic E-state index is 11.5. The summed E-state index contributed by atoms with van der Waals surface area (Å²) in [4.78, 5) is 11.5. The fourth-order valence-electron chi connectivity index (χ4n) is 1.77. The monoisotopic (exact) mass is 228 g/mol. The Morgan fingerprint density at radius 1 is 1.31 bits per heavy atom. The highest BCUT2D eigenvalue weighted by Gasteiger charge is 2.17. The number of unbranched alkanes of at least 4 members (excludes halogenated alkanes) is 2. The number of rotatable bonds is 7. The van der Waals surface area contributed by atoms with Crippen molar-refractivity contribution in [1.29, 1.82) is 0 Å². The summed E-state index contributed by atoms with van der Waals surface area (Å²) < 4.78 is 0. The number of nitrogens with two attached hydrogens (primary N) is 1. The van der Waals surface area contributed by atoms with Crippen LogP contribution >= 0.6 is 0 Å². The van der Waals surface area contributed by atoms with Crippen molar-refractivity contribution in [1.82, 2.24) is 5.32 Å². The van der Waals surface area contributed by atoms with Crippen LogP contribution in [0.5, 0.6) is 0 Å². The van der Waals surface area contributed by atoms with Gasteiger partial charge < -0.3 is 11.1 Å². The predicted octanol–water partition coefficient (Wildman–Crippen LogP) is 2.45. The number of carbonyl (C=O) groups excluding carboxylic acids is 1. The Morgan fingerprint density at radius 2 is 1.94 bits per heavy atom. The lowest BCUT2D eigenvalue weighted by Crippen LogP contribution is -2.34. The molecule has 3 nitrogen and oxygen atoms in total. The van der Waals surface area contributed by atoms with E-state index in [0.717, 1.165) is 19.4 Å². The molecule has 0 spiro atoms. The first-order valence-corrected chi connectivity index (χ1v) is 6.37. The van der Waals surface area contributed by atoms with Gasteiger partial charge in [0.2, 0.25) is 5.91 Å².